The van der Waals surface area contributed by atoms with E-state index in [0.29, 0.717) is 19.8 Å². The Morgan fingerprint density at radius 3 is 2.16 bits per heavy atom. The first-order chi connectivity index (χ1) is 21.0. The van der Waals surface area contributed by atoms with E-state index in [9.17, 15) is 14.7 Å². The predicted octanol–water partition coefficient (Wildman–Crippen LogP) is 3.73. The van der Waals surface area contributed by atoms with Crippen LogP contribution in [0.15, 0.2) is 84.9 Å². The Morgan fingerprint density at radius 1 is 0.860 bits per heavy atom. The van der Waals surface area contributed by atoms with Crippen LogP contribution in [0.2, 0.25) is 0 Å². The maximum absolute atomic E-state index is 12.9. The van der Waals surface area contributed by atoms with Crippen molar-refractivity contribution in [3.8, 4) is 11.1 Å². The highest BCUT2D eigenvalue weighted by atomic mass is 16.3. The van der Waals surface area contributed by atoms with Gasteiger partial charge >= 0.3 is 6.03 Å². The van der Waals surface area contributed by atoms with E-state index in [0.717, 1.165) is 74.4 Å². The van der Waals surface area contributed by atoms with Crippen LogP contribution in [0.25, 0.3) is 11.1 Å². The minimum Gasteiger partial charge on any atom is -0.390 e. The number of anilines is 2. The first-order valence-electron chi connectivity index (χ1n) is 15.5. The van der Waals surface area contributed by atoms with Crippen molar-refractivity contribution >= 4 is 23.3 Å². The fraction of sp³-hybridized carbons (Fsp3) is 0.412. The van der Waals surface area contributed by atoms with Gasteiger partial charge in [-0.3, -0.25) is 4.79 Å². The molecule has 3 aromatic rings. The number of aliphatic hydroxyl groups is 1. The van der Waals surface area contributed by atoms with E-state index in [1.807, 2.05) is 72.8 Å². The van der Waals surface area contributed by atoms with Gasteiger partial charge in [-0.05, 0) is 49.4 Å². The highest BCUT2D eigenvalue weighted by molar-refractivity contribution is 5.95. The van der Waals surface area contributed by atoms with Crippen LogP contribution >= 0.6 is 0 Å². The minimum absolute atomic E-state index is 0.0979. The van der Waals surface area contributed by atoms with Crippen LogP contribution in [0, 0.1) is 0 Å². The molecule has 3 saturated heterocycles. The third-order valence-electron chi connectivity index (χ3n) is 9.21. The Balaban J connectivity index is 0.932. The molecule has 0 aliphatic carbocycles. The number of nitrogens with one attached hydrogen (secondary N) is 3. The summed E-state index contributed by atoms with van der Waals surface area (Å²) in [6.07, 6.45) is 2.72. The van der Waals surface area contributed by atoms with Gasteiger partial charge in [-0.25, -0.2) is 4.79 Å². The van der Waals surface area contributed by atoms with E-state index in [-0.39, 0.29) is 18.0 Å². The van der Waals surface area contributed by atoms with Gasteiger partial charge in [-0.2, -0.15) is 0 Å². The first-order valence-corrected chi connectivity index (χ1v) is 15.5. The number of rotatable bonds is 8. The SMILES string of the molecule is O=C(Nc1ccccc1-c1ccccc1)NC1CCN(CC(O)CN2CCC3(CC2)C(=O)NCN3c2ccccc2)CC1. The zero-order valence-electron chi connectivity index (χ0n) is 24.6. The van der Waals surface area contributed by atoms with Gasteiger partial charge in [0.1, 0.15) is 5.54 Å². The number of urea groups is 1. The van der Waals surface area contributed by atoms with E-state index in [4.69, 9.17) is 0 Å². The number of carbonyl (C=O) groups is 2. The Morgan fingerprint density at radius 2 is 1.47 bits per heavy atom. The van der Waals surface area contributed by atoms with Gasteiger partial charge in [0.2, 0.25) is 5.91 Å². The van der Waals surface area contributed by atoms with Gasteiger partial charge in [0, 0.05) is 56.6 Å². The molecule has 3 aliphatic rings. The molecular weight excluding hydrogens is 540 g/mol. The molecule has 0 bridgehead atoms. The first kappa shape index (κ1) is 29.2. The van der Waals surface area contributed by atoms with E-state index in [1.54, 1.807) is 0 Å². The third kappa shape index (κ3) is 6.69. The monoisotopic (exact) mass is 582 g/mol. The highest BCUT2D eigenvalue weighted by Crippen LogP contribution is 2.36. The normalized spacial score (nSPS) is 20.1. The molecule has 226 valence electrons. The summed E-state index contributed by atoms with van der Waals surface area (Å²) in [5, 5.41) is 20.2. The zero-order chi connectivity index (χ0) is 29.6. The molecule has 3 fully saturated rings. The molecule has 9 heteroatoms. The van der Waals surface area contributed by atoms with E-state index >= 15 is 0 Å². The van der Waals surface area contributed by atoms with Gasteiger partial charge in [0.25, 0.3) is 0 Å². The second-order valence-corrected chi connectivity index (χ2v) is 12.0. The Bertz CT molecular complexity index is 1370. The summed E-state index contributed by atoms with van der Waals surface area (Å²) >= 11 is 0. The number of nitrogens with zero attached hydrogens (tertiary/aromatic N) is 3. The largest absolute Gasteiger partial charge is 0.390 e. The van der Waals surface area contributed by atoms with Crippen molar-refractivity contribution in [3.63, 3.8) is 0 Å². The molecule has 4 N–H and O–H groups in total. The number of para-hydroxylation sites is 2. The van der Waals surface area contributed by atoms with Crippen molar-refractivity contribution in [2.45, 2.75) is 43.4 Å². The van der Waals surface area contributed by atoms with Crippen molar-refractivity contribution < 1.29 is 14.7 Å². The lowest BCUT2D eigenvalue weighted by atomic mass is 9.85. The van der Waals surface area contributed by atoms with Crippen LogP contribution in [0.1, 0.15) is 25.7 Å². The van der Waals surface area contributed by atoms with Crippen molar-refractivity contribution in [1.82, 2.24) is 20.4 Å². The van der Waals surface area contributed by atoms with Crippen molar-refractivity contribution in [1.29, 1.82) is 0 Å². The van der Waals surface area contributed by atoms with Gasteiger partial charge in [0.05, 0.1) is 18.5 Å². The Hall–Kier alpha value is -3.92. The molecule has 43 heavy (non-hydrogen) atoms. The highest BCUT2D eigenvalue weighted by Gasteiger charge is 2.50. The van der Waals surface area contributed by atoms with Crippen molar-refractivity contribution in [2.75, 3.05) is 56.2 Å². The van der Waals surface area contributed by atoms with Gasteiger partial charge in [-0.15, -0.1) is 0 Å². The molecule has 0 aromatic heterocycles. The summed E-state index contributed by atoms with van der Waals surface area (Å²) < 4.78 is 0. The van der Waals surface area contributed by atoms with Gasteiger partial charge in [0.15, 0.2) is 0 Å². The summed E-state index contributed by atoms with van der Waals surface area (Å²) in [4.78, 5) is 32.6. The zero-order valence-corrected chi connectivity index (χ0v) is 24.6. The van der Waals surface area contributed by atoms with Crippen LogP contribution in [0.4, 0.5) is 16.2 Å². The molecule has 1 atom stereocenters. The van der Waals surface area contributed by atoms with E-state index in [1.165, 1.54) is 0 Å². The number of carbonyl (C=O) groups excluding carboxylic acids is 2. The summed E-state index contributed by atoms with van der Waals surface area (Å²) in [7, 11) is 0. The molecule has 3 amide bonds. The number of β-amino-alcohol motifs (C(OH)–C–C–N with tert-alkyl or cyclic N) is 1. The van der Waals surface area contributed by atoms with E-state index < -0.39 is 11.6 Å². The van der Waals surface area contributed by atoms with Crippen LogP contribution in [0.3, 0.4) is 0 Å². The second kappa shape index (κ2) is 13.2. The lowest BCUT2D eigenvalue weighted by Gasteiger charge is -2.44. The topological polar surface area (TPSA) is 100 Å². The molecule has 6 rings (SSSR count). The molecular formula is C34H42N6O3. The molecule has 3 aromatic carbocycles. The van der Waals surface area contributed by atoms with Crippen molar-refractivity contribution in [2.24, 2.45) is 0 Å². The Labute approximate surface area is 253 Å². The molecule has 3 heterocycles. The number of likely N-dealkylation sites (tertiary alicyclic amines) is 2. The maximum atomic E-state index is 12.9. The minimum atomic E-state index is -0.506. The molecule has 0 saturated carbocycles. The Kier molecular flexibility index (Phi) is 8.92. The second-order valence-electron chi connectivity index (χ2n) is 12.0. The molecule has 9 nitrogen and oxygen atoms in total. The number of hydrogen-bond donors (Lipinski definition) is 4. The van der Waals surface area contributed by atoms with Gasteiger partial charge in [-0.1, -0.05) is 66.7 Å². The number of benzene rings is 3. The standard InChI is InChI=1S/C34H42N6O3/c41-29(24-39-21-17-34(18-22-39)32(42)35-25-40(34)28-11-5-2-6-12-28)23-38-19-15-27(16-20-38)36-33(43)37-31-14-8-7-13-30(31)26-9-3-1-4-10-26/h1-14,27,29,41H,15-25H2,(H,35,42)(H2,36,37,43). The molecule has 0 radical (unpaired) electrons. The van der Waals surface area contributed by atoms with Crippen LogP contribution < -0.4 is 20.9 Å². The number of aliphatic hydroxyl groups excluding tert-OH is 1. The summed E-state index contributed by atoms with van der Waals surface area (Å²) in [6.45, 7) is 4.98. The maximum Gasteiger partial charge on any atom is 0.319 e. The quantitative estimate of drug-likeness (QED) is 0.323. The summed E-state index contributed by atoms with van der Waals surface area (Å²) in [5.41, 5.74) is 3.41. The fourth-order valence-corrected chi connectivity index (χ4v) is 6.86. The van der Waals surface area contributed by atoms with Gasteiger partial charge < -0.3 is 35.8 Å². The fourth-order valence-electron chi connectivity index (χ4n) is 6.86. The summed E-state index contributed by atoms with van der Waals surface area (Å²) in [6, 6.07) is 28.0. The molecule has 1 unspecified atom stereocenters. The smallest absolute Gasteiger partial charge is 0.319 e. The lowest BCUT2D eigenvalue weighted by Crippen LogP contribution is -2.57. The number of amides is 3. The van der Waals surface area contributed by atoms with Crippen molar-refractivity contribution in [3.05, 3.63) is 84.9 Å². The average molecular weight is 583 g/mol. The van der Waals surface area contributed by atoms with E-state index in [2.05, 4.69) is 42.8 Å². The number of hydrogen-bond acceptors (Lipinski definition) is 6. The number of piperidine rings is 2. The average Bonchev–Trinajstić information content (AvgIpc) is 3.35. The third-order valence-corrected chi connectivity index (χ3v) is 9.21. The molecule has 1 spiro atoms. The summed E-state index contributed by atoms with van der Waals surface area (Å²) in [5.74, 6) is 0.113. The van der Waals surface area contributed by atoms with Crippen LogP contribution in [0.5, 0.6) is 0 Å². The lowest BCUT2D eigenvalue weighted by molar-refractivity contribution is -0.125. The van der Waals surface area contributed by atoms with Crippen LogP contribution in [-0.2, 0) is 4.79 Å². The van der Waals surface area contributed by atoms with Crippen LogP contribution in [-0.4, -0.2) is 90.5 Å². The predicted molar refractivity (Wildman–Crippen MR) is 170 cm³/mol. The molecule has 3 aliphatic heterocycles.